The number of esters is 1. The number of rotatable bonds is 2. The van der Waals surface area contributed by atoms with Gasteiger partial charge in [0.1, 0.15) is 17.0 Å². The number of amidine groups is 1. The quantitative estimate of drug-likeness (QED) is 0.183. The second-order valence-corrected chi connectivity index (χ2v) is 12.2. The fraction of sp³-hybridized carbons (Fsp3) is 0.0833. The van der Waals surface area contributed by atoms with Crippen molar-refractivity contribution in [1.82, 2.24) is 10.3 Å². The van der Waals surface area contributed by atoms with Crippen molar-refractivity contribution in [3.05, 3.63) is 136 Å². The third-order valence-electron chi connectivity index (χ3n) is 7.34. The molecule has 7 aromatic rings. The predicted octanol–water partition coefficient (Wildman–Crippen LogP) is 10.1. The molecule has 0 fully saturated rings. The van der Waals surface area contributed by atoms with Crippen molar-refractivity contribution >= 4 is 86.9 Å². The summed E-state index contributed by atoms with van der Waals surface area (Å²) >= 11 is 6.91. The second-order valence-electron chi connectivity index (χ2n) is 10.3. The molecule has 47 heavy (non-hydrogen) atoms. The van der Waals surface area contributed by atoms with Crippen LogP contribution in [0.5, 0.6) is 0 Å². The number of aromatic nitrogens is 1. The fourth-order valence-electron chi connectivity index (χ4n) is 5.13. The van der Waals surface area contributed by atoms with E-state index in [9.17, 15) is 9.18 Å². The van der Waals surface area contributed by atoms with Gasteiger partial charge in [-0.15, -0.1) is 11.3 Å². The molecular weight excluding hydrogens is 656 g/mol. The smallest absolute Gasteiger partial charge is 0.337 e. The lowest BCUT2D eigenvalue weighted by Gasteiger charge is -2.16. The minimum atomic E-state index is -0.341. The average Bonchev–Trinajstić information content (AvgIpc) is 3.56. The van der Waals surface area contributed by atoms with E-state index in [2.05, 4.69) is 80.7 Å². The first-order chi connectivity index (χ1) is 22.9. The topological polar surface area (TPSA) is 89.9 Å². The highest BCUT2D eigenvalue weighted by Crippen LogP contribution is 2.36. The normalized spacial score (nSPS) is 12.5. The van der Waals surface area contributed by atoms with Crippen LogP contribution in [0.3, 0.4) is 0 Å². The van der Waals surface area contributed by atoms with Crippen LogP contribution in [-0.2, 0) is 9.53 Å². The number of nitrogens with one attached hydrogen (secondary N) is 1. The molecule has 0 unspecified atom stereocenters. The Balaban J connectivity index is 0.000000140. The van der Waals surface area contributed by atoms with Gasteiger partial charge in [0.2, 0.25) is 8.67 Å². The summed E-state index contributed by atoms with van der Waals surface area (Å²) in [5.41, 5.74) is 3.10. The Kier molecular flexibility index (Phi) is 9.97. The molecule has 11 heteroatoms. The van der Waals surface area contributed by atoms with Crippen LogP contribution in [0.25, 0.3) is 43.5 Å². The number of halogens is 2. The number of methoxy groups -OCH3 is 1. The SMILES string of the molecule is COC(=O)C1=C(C)NC(c2nccs2)=NC1.Fc1cccc(Cl)c1.c1ccc2c(c1)ccc1o[pH]oc3ccc4ccccc4c3c12. The monoisotopic (exact) mass is 683 g/mol. The molecule has 8 rings (SSSR count). The number of hydrogen-bond acceptors (Lipinski definition) is 8. The van der Waals surface area contributed by atoms with E-state index in [-0.39, 0.29) is 20.5 Å². The molecule has 7 nitrogen and oxygen atoms in total. The molecule has 1 aliphatic heterocycles. The summed E-state index contributed by atoms with van der Waals surface area (Å²) < 4.78 is 28.5. The lowest BCUT2D eigenvalue weighted by atomic mass is 9.99. The first-order valence-corrected chi connectivity index (χ1v) is 16.5. The molecule has 0 amide bonds. The van der Waals surface area contributed by atoms with Crippen LogP contribution in [0.4, 0.5) is 4.39 Å². The van der Waals surface area contributed by atoms with Crippen LogP contribution in [-0.4, -0.2) is 30.4 Å². The average molecular weight is 684 g/mol. The molecule has 0 radical (unpaired) electrons. The van der Waals surface area contributed by atoms with Crippen molar-refractivity contribution < 1.29 is 22.3 Å². The molecular formula is C36H28ClFN3O4PS. The van der Waals surface area contributed by atoms with Gasteiger partial charge in [0.25, 0.3) is 0 Å². The van der Waals surface area contributed by atoms with Crippen molar-refractivity contribution in [3.63, 3.8) is 0 Å². The molecule has 236 valence electrons. The van der Waals surface area contributed by atoms with E-state index in [1.54, 1.807) is 18.3 Å². The molecule has 2 aromatic heterocycles. The van der Waals surface area contributed by atoms with Crippen LogP contribution in [0.1, 0.15) is 11.9 Å². The van der Waals surface area contributed by atoms with E-state index in [1.165, 1.54) is 52.1 Å². The molecule has 0 spiro atoms. The Hall–Kier alpha value is -4.95. The standard InChI is InChI=1S/C20H13O2P.C10H11N3O2S.C6H4ClF/c1-3-7-15-13(5-1)9-11-17-19(15)20-16-8-4-2-6-14(16)10-12-18(20)22-23-21-17;1-6-7(10(14)15-2)5-12-8(13-6)9-11-3-4-16-9;7-5-2-1-3-6(8)4-5/h1-12,23H;3-4H,5H2,1-2H3,(H,12,13);1-4H. The Labute approximate surface area is 279 Å². The molecule has 1 aliphatic rings. The van der Waals surface area contributed by atoms with Crippen molar-refractivity contribution in [2.24, 2.45) is 4.99 Å². The summed E-state index contributed by atoms with van der Waals surface area (Å²) in [5, 5.41) is 13.3. The Morgan fingerprint density at radius 2 is 1.55 bits per heavy atom. The maximum atomic E-state index is 12.1. The van der Waals surface area contributed by atoms with Crippen molar-refractivity contribution in [3.8, 4) is 0 Å². The minimum Gasteiger partial charge on any atom is -0.466 e. The Morgan fingerprint density at radius 3 is 2.06 bits per heavy atom. The van der Waals surface area contributed by atoms with E-state index < -0.39 is 0 Å². The molecule has 5 aromatic carbocycles. The van der Waals surface area contributed by atoms with E-state index in [4.69, 9.17) is 20.0 Å². The number of aliphatic imine (C=N–C) groups is 1. The number of ether oxygens (including phenoxy) is 1. The summed E-state index contributed by atoms with van der Waals surface area (Å²) in [5.74, 6) is 0.0737. The van der Waals surface area contributed by atoms with Gasteiger partial charge in [-0.05, 0) is 58.8 Å². The van der Waals surface area contributed by atoms with Gasteiger partial charge in [-0.2, -0.15) is 0 Å². The molecule has 0 atom stereocenters. The van der Waals surface area contributed by atoms with Crippen LogP contribution < -0.4 is 5.32 Å². The first-order valence-electron chi connectivity index (χ1n) is 14.5. The third-order valence-corrected chi connectivity index (χ3v) is 8.96. The van der Waals surface area contributed by atoms with Crippen molar-refractivity contribution in [2.45, 2.75) is 6.92 Å². The van der Waals surface area contributed by atoms with Gasteiger partial charge in [0.05, 0.1) is 19.2 Å². The summed E-state index contributed by atoms with van der Waals surface area (Å²) in [6.45, 7) is 2.16. The molecule has 3 heterocycles. The van der Waals surface area contributed by atoms with Crippen molar-refractivity contribution in [2.75, 3.05) is 13.7 Å². The number of thiazole rings is 1. The molecule has 0 saturated carbocycles. The van der Waals surface area contributed by atoms with E-state index in [1.807, 2.05) is 24.4 Å². The van der Waals surface area contributed by atoms with E-state index >= 15 is 0 Å². The van der Waals surface area contributed by atoms with Crippen LogP contribution >= 0.6 is 31.6 Å². The van der Waals surface area contributed by atoms with E-state index in [0.29, 0.717) is 23.0 Å². The van der Waals surface area contributed by atoms with Gasteiger partial charge < -0.3 is 18.4 Å². The van der Waals surface area contributed by atoms with Crippen LogP contribution in [0, 0.1) is 5.82 Å². The van der Waals surface area contributed by atoms with Gasteiger partial charge in [-0.3, -0.25) is 4.99 Å². The lowest BCUT2D eigenvalue weighted by molar-refractivity contribution is -0.136. The number of fused-ring (bicyclic) bond motifs is 7. The van der Waals surface area contributed by atoms with Gasteiger partial charge in [0, 0.05) is 33.1 Å². The molecule has 0 bridgehead atoms. The highest BCUT2D eigenvalue weighted by molar-refractivity contribution is 7.15. The Morgan fingerprint density at radius 1 is 0.915 bits per heavy atom. The summed E-state index contributed by atoms with van der Waals surface area (Å²) in [6, 6.07) is 31.0. The second kappa shape index (κ2) is 14.6. The zero-order chi connectivity index (χ0) is 32.8. The van der Waals surface area contributed by atoms with Gasteiger partial charge in [-0.1, -0.05) is 78.3 Å². The number of benzene rings is 5. The number of nitrogens with zero attached hydrogens (tertiary/aromatic N) is 2. The lowest BCUT2D eigenvalue weighted by Crippen LogP contribution is -2.30. The molecule has 1 N–H and O–H groups in total. The number of hydrogen-bond donors (Lipinski definition) is 1. The van der Waals surface area contributed by atoms with Gasteiger partial charge >= 0.3 is 5.97 Å². The fourth-order valence-corrected chi connectivity index (χ4v) is 6.47. The van der Waals surface area contributed by atoms with E-state index in [0.717, 1.165) is 32.6 Å². The summed E-state index contributed by atoms with van der Waals surface area (Å²) in [7, 11) is 1.33. The molecule has 0 saturated heterocycles. The Bertz CT molecular complexity index is 2210. The maximum Gasteiger partial charge on any atom is 0.337 e. The minimum absolute atomic E-state index is 0.0290. The summed E-state index contributed by atoms with van der Waals surface area (Å²) in [6.07, 6.45) is 1.72. The number of allylic oxidation sites excluding steroid dienone is 1. The van der Waals surface area contributed by atoms with Crippen molar-refractivity contribution in [1.29, 1.82) is 0 Å². The zero-order valence-corrected chi connectivity index (χ0v) is 27.9. The number of carbonyl (C=O) groups is 1. The summed E-state index contributed by atoms with van der Waals surface area (Å²) in [4.78, 5) is 19.8. The highest BCUT2D eigenvalue weighted by Gasteiger charge is 2.20. The third kappa shape index (κ3) is 7.23. The highest BCUT2D eigenvalue weighted by atomic mass is 35.5. The largest absolute Gasteiger partial charge is 0.466 e. The predicted molar refractivity (Wildman–Crippen MR) is 191 cm³/mol. The van der Waals surface area contributed by atoms with Crippen LogP contribution in [0.15, 0.2) is 133 Å². The molecule has 0 aliphatic carbocycles. The van der Waals surface area contributed by atoms with Gasteiger partial charge in [0.15, 0.2) is 10.8 Å². The zero-order valence-electron chi connectivity index (χ0n) is 25.3. The maximum absolute atomic E-state index is 12.1. The number of carbonyl (C=O) groups excluding carboxylic acids is 1. The van der Waals surface area contributed by atoms with Crippen LogP contribution in [0.2, 0.25) is 5.02 Å². The first kappa shape index (κ1) is 32.0. The van der Waals surface area contributed by atoms with Gasteiger partial charge in [-0.25, -0.2) is 14.2 Å².